The molecule has 8 heteroatoms. The number of fused-ring (bicyclic) bond motifs is 1. The van der Waals surface area contributed by atoms with Gasteiger partial charge in [-0.05, 0) is 30.2 Å². The van der Waals surface area contributed by atoms with Gasteiger partial charge >= 0.3 is 6.36 Å². The van der Waals surface area contributed by atoms with Gasteiger partial charge in [-0.15, -0.1) is 13.2 Å². The average molecular weight is 349 g/mol. The van der Waals surface area contributed by atoms with Crippen molar-refractivity contribution in [3.63, 3.8) is 0 Å². The van der Waals surface area contributed by atoms with Gasteiger partial charge in [0.1, 0.15) is 5.75 Å². The van der Waals surface area contributed by atoms with Crippen LogP contribution in [-0.4, -0.2) is 15.9 Å². The van der Waals surface area contributed by atoms with Crippen LogP contribution >= 0.6 is 0 Å². The number of nitrogens with zero attached hydrogens (tertiary/aromatic N) is 2. The van der Waals surface area contributed by atoms with Gasteiger partial charge in [-0.2, -0.15) is 0 Å². The van der Waals surface area contributed by atoms with E-state index in [1.54, 1.807) is 24.3 Å². The van der Waals surface area contributed by atoms with Crippen LogP contribution in [-0.2, 0) is 13.0 Å². The number of aromatic nitrogens is 2. The van der Waals surface area contributed by atoms with E-state index in [4.69, 9.17) is 5.73 Å². The van der Waals surface area contributed by atoms with Gasteiger partial charge in [-0.1, -0.05) is 24.3 Å². The Bertz CT molecular complexity index is 967. The van der Waals surface area contributed by atoms with Gasteiger partial charge in [0, 0.05) is 12.2 Å². The zero-order valence-electron chi connectivity index (χ0n) is 13.0. The highest BCUT2D eigenvalue weighted by Gasteiger charge is 2.31. The molecule has 0 spiro atoms. The molecule has 2 N–H and O–H groups in total. The van der Waals surface area contributed by atoms with E-state index in [0.29, 0.717) is 22.2 Å². The van der Waals surface area contributed by atoms with Crippen molar-refractivity contribution >= 4 is 16.6 Å². The predicted octanol–water partition coefficient (Wildman–Crippen LogP) is 3.12. The molecule has 2 aromatic carbocycles. The number of ether oxygens (including phenoxy) is 1. The normalized spacial score (nSPS) is 11.6. The standard InChI is InChI=1S/C17H14F3N3O2/c18-17(19,20)25-14-7-2-1-4-11(14)8-9-23-10-22-13-6-3-5-12(21)15(13)16(23)24/h1-7,10H,8-9,21H2. The fourth-order valence-electron chi connectivity index (χ4n) is 2.56. The molecule has 1 heterocycles. The molecule has 5 nitrogen and oxygen atoms in total. The Hall–Kier alpha value is -3.03. The second kappa shape index (κ2) is 6.46. The highest BCUT2D eigenvalue weighted by molar-refractivity contribution is 5.89. The number of para-hydroxylation sites is 1. The number of hydrogen-bond donors (Lipinski definition) is 1. The summed E-state index contributed by atoms with van der Waals surface area (Å²) in [6.45, 7) is 0.147. The van der Waals surface area contributed by atoms with Crippen molar-refractivity contribution in [1.82, 2.24) is 9.55 Å². The summed E-state index contributed by atoms with van der Waals surface area (Å²) >= 11 is 0. The summed E-state index contributed by atoms with van der Waals surface area (Å²) in [5, 5.41) is 0.296. The molecule has 0 amide bonds. The lowest BCUT2D eigenvalue weighted by Crippen LogP contribution is -2.23. The molecule has 0 aliphatic rings. The van der Waals surface area contributed by atoms with E-state index in [1.165, 1.54) is 29.1 Å². The summed E-state index contributed by atoms with van der Waals surface area (Å²) in [4.78, 5) is 16.7. The van der Waals surface area contributed by atoms with E-state index >= 15 is 0 Å². The number of aryl methyl sites for hydroxylation is 2. The third-order valence-corrected chi connectivity index (χ3v) is 3.71. The topological polar surface area (TPSA) is 70.1 Å². The third kappa shape index (κ3) is 3.73. The number of hydrogen-bond acceptors (Lipinski definition) is 4. The molecule has 0 saturated carbocycles. The van der Waals surface area contributed by atoms with E-state index in [0.717, 1.165) is 0 Å². The molecule has 25 heavy (non-hydrogen) atoms. The fourth-order valence-corrected chi connectivity index (χ4v) is 2.56. The zero-order valence-corrected chi connectivity index (χ0v) is 13.0. The number of halogens is 3. The van der Waals surface area contributed by atoms with Crippen LogP contribution < -0.4 is 16.0 Å². The summed E-state index contributed by atoms with van der Waals surface area (Å²) in [7, 11) is 0. The first kappa shape index (κ1) is 16.8. The second-order valence-electron chi connectivity index (χ2n) is 5.39. The van der Waals surface area contributed by atoms with Crippen LogP contribution in [0.2, 0.25) is 0 Å². The Morgan fingerprint density at radius 2 is 1.88 bits per heavy atom. The molecule has 0 aliphatic carbocycles. The van der Waals surface area contributed by atoms with Crippen molar-refractivity contribution in [2.45, 2.75) is 19.3 Å². The molecule has 0 unspecified atom stereocenters. The van der Waals surface area contributed by atoms with Crippen molar-refractivity contribution in [3.8, 4) is 5.75 Å². The first-order valence-corrected chi connectivity index (χ1v) is 7.42. The summed E-state index contributed by atoms with van der Waals surface area (Å²) in [5.74, 6) is -0.281. The number of benzene rings is 2. The van der Waals surface area contributed by atoms with Crippen LogP contribution in [0.1, 0.15) is 5.56 Å². The van der Waals surface area contributed by atoms with Crippen molar-refractivity contribution in [1.29, 1.82) is 0 Å². The van der Waals surface area contributed by atoms with Gasteiger partial charge in [-0.25, -0.2) is 4.98 Å². The summed E-state index contributed by atoms with van der Waals surface area (Å²) < 4.78 is 42.7. The molecule has 130 valence electrons. The SMILES string of the molecule is Nc1cccc2ncn(CCc3ccccc3OC(F)(F)F)c(=O)c12. The first-order chi connectivity index (χ1) is 11.8. The molecule has 3 rings (SSSR count). The smallest absolute Gasteiger partial charge is 0.406 e. The minimum Gasteiger partial charge on any atom is -0.406 e. The van der Waals surface area contributed by atoms with Gasteiger partial charge in [0.25, 0.3) is 5.56 Å². The minimum absolute atomic E-state index is 0.147. The Morgan fingerprint density at radius 1 is 1.12 bits per heavy atom. The molecule has 0 aliphatic heterocycles. The number of nitrogen functional groups attached to an aromatic ring is 1. The van der Waals surface area contributed by atoms with Crippen LogP contribution in [0.4, 0.5) is 18.9 Å². The van der Waals surface area contributed by atoms with E-state index in [-0.39, 0.29) is 24.3 Å². The number of nitrogens with two attached hydrogens (primary N) is 1. The highest BCUT2D eigenvalue weighted by atomic mass is 19.4. The largest absolute Gasteiger partial charge is 0.573 e. The lowest BCUT2D eigenvalue weighted by atomic mass is 10.1. The lowest BCUT2D eigenvalue weighted by molar-refractivity contribution is -0.274. The van der Waals surface area contributed by atoms with Crippen LogP contribution in [0.3, 0.4) is 0 Å². The van der Waals surface area contributed by atoms with E-state index in [1.807, 2.05) is 0 Å². The Morgan fingerprint density at radius 3 is 2.64 bits per heavy atom. The van der Waals surface area contributed by atoms with E-state index < -0.39 is 6.36 Å². The van der Waals surface area contributed by atoms with Crippen molar-refractivity contribution in [2.24, 2.45) is 0 Å². The van der Waals surface area contributed by atoms with E-state index in [2.05, 4.69) is 9.72 Å². The van der Waals surface area contributed by atoms with Crippen LogP contribution in [0, 0.1) is 0 Å². The summed E-state index contributed by atoms with van der Waals surface area (Å²) in [6.07, 6.45) is -3.24. The van der Waals surface area contributed by atoms with Crippen molar-refractivity contribution in [3.05, 3.63) is 64.7 Å². The maximum atomic E-state index is 12.5. The monoisotopic (exact) mass is 349 g/mol. The quantitative estimate of drug-likeness (QED) is 0.735. The lowest BCUT2D eigenvalue weighted by Gasteiger charge is -2.13. The maximum absolute atomic E-state index is 12.5. The van der Waals surface area contributed by atoms with Crippen molar-refractivity contribution < 1.29 is 17.9 Å². The van der Waals surface area contributed by atoms with E-state index in [9.17, 15) is 18.0 Å². The highest BCUT2D eigenvalue weighted by Crippen LogP contribution is 2.26. The Kier molecular flexibility index (Phi) is 4.35. The van der Waals surface area contributed by atoms with Crippen LogP contribution in [0.5, 0.6) is 5.75 Å². The van der Waals surface area contributed by atoms with Gasteiger partial charge in [0.2, 0.25) is 0 Å². The predicted molar refractivity (Wildman–Crippen MR) is 87.2 cm³/mol. The maximum Gasteiger partial charge on any atom is 0.573 e. The molecule has 1 aromatic heterocycles. The molecule has 0 saturated heterocycles. The second-order valence-corrected chi connectivity index (χ2v) is 5.39. The minimum atomic E-state index is -4.77. The molecule has 0 atom stereocenters. The third-order valence-electron chi connectivity index (χ3n) is 3.71. The average Bonchev–Trinajstić information content (AvgIpc) is 2.54. The molecular weight excluding hydrogens is 335 g/mol. The van der Waals surface area contributed by atoms with Gasteiger partial charge in [0.05, 0.1) is 17.2 Å². The summed E-state index contributed by atoms with van der Waals surface area (Å²) in [6, 6.07) is 10.8. The number of alkyl halides is 3. The van der Waals surface area contributed by atoms with Gasteiger partial charge in [-0.3, -0.25) is 9.36 Å². The van der Waals surface area contributed by atoms with Gasteiger partial charge in [0.15, 0.2) is 0 Å². The molecule has 0 bridgehead atoms. The molecule has 3 aromatic rings. The van der Waals surface area contributed by atoms with Gasteiger partial charge < -0.3 is 10.5 Å². The number of rotatable bonds is 4. The zero-order chi connectivity index (χ0) is 18.0. The Balaban J connectivity index is 1.88. The molecule has 0 fully saturated rings. The molecule has 0 radical (unpaired) electrons. The first-order valence-electron chi connectivity index (χ1n) is 7.42. The van der Waals surface area contributed by atoms with Crippen LogP contribution in [0.15, 0.2) is 53.6 Å². The van der Waals surface area contributed by atoms with Crippen molar-refractivity contribution in [2.75, 3.05) is 5.73 Å². The number of anilines is 1. The van der Waals surface area contributed by atoms with Crippen LogP contribution in [0.25, 0.3) is 10.9 Å². The fraction of sp³-hybridized carbons (Fsp3) is 0.176. The molecular formula is C17H14F3N3O2. The summed E-state index contributed by atoms with van der Waals surface area (Å²) in [5.41, 5.74) is 6.62. The Labute approximate surface area is 140 Å².